The van der Waals surface area contributed by atoms with Gasteiger partial charge in [0.25, 0.3) is 0 Å². The predicted molar refractivity (Wildman–Crippen MR) is 73.3 cm³/mol. The second-order valence-electron chi connectivity index (χ2n) is 6.08. The number of rotatable bonds is 4. The molecule has 4 atom stereocenters. The number of halogens is 1. The van der Waals surface area contributed by atoms with Gasteiger partial charge in [-0.05, 0) is 49.3 Å². The van der Waals surface area contributed by atoms with Crippen molar-refractivity contribution in [3.63, 3.8) is 0 Å². The Morgan fingerprint density at radius 3 is 2.50 bits per heavy atom. The number of carbonyl (C=O) groups excluding carboxylic acids is 1. The number of benzene rings is 1. The Morgan fingerprint density at radius 2 is 1.90 bits per heavy atom. The third-order valence-electron chi connectivity index (χ3n) is 4.76. The molecule has 0 spiro atoms. The highest BCUT2D eigenvalue weighted by molar-refractivity contribution is 5.82. The van der Waals surface area contributed by atoms with Crippen LogP contribution in [0.3, 0.4) is 0 Å². The van der Waals surface area contributed by atoms with Gasteiger partial charge in [-0.1, -0.05) is 18.6 Å². The van der Waals surface area contributed by atoms with Crippen LogP contribution in [0.15, 0.2) is 24.3 Å². The van der Waals surface area contributed by atoms with E-state index in [1.54, 1.807) is 19.1 Å². The molecule has 108 valence electrons. The smallest absolute Gasteiger partial charge is 0.223 e. The number of amides is 1. The molecule has 20 heavy (non-hydrogen) atoms. The minimum atomic E-state index is -0.807. The zero-order chi connectivity index (χ0) is 14.3. The maximum atomic E-state index is 12.9. The minimum absolute atomic E-state index is 0.0633. The fourth-order valence-corrected chi connectivity index (χ4v) is 3.56. The zero-order valence-electron chi connectivity index (χ0n) is 11.6. The fraction of sp³-hybridized carbons (Fsp3) is 0.562. The second-order valence-corrected chi connectivity index (χ2v) is 6.08. The summed E-state index contributed by atoms with van der Waals surface area (Å²) in [6, 6.07) is 5.37. The van der Waals surface area contributed by atoms with Gasteiger partial charge in [0, 0.05) is 5.92 Å². The molecule has 0 radical (unpaired) electrons. The number of aliphatic hydroxyl groups excluding tert-OH is 1. The molecular weight excluding hydrogens is 257 g/mol. The lowest BCUT2D eigenvalue weighted by Gasteiger charge is -2.21. The molecule has 0 aromatic heterocycles. The molecule has 3 rings (SSSR count). The van der Waals surface area contributed by atoms with E-state index in [1.165, 1.54) is 18.6 Å². The molecule has 3 nitrogen and oxygen atoms in total. The normalized spacial score (nSPS) is 30.4. The Kier molecular flexibility index (Phi) is 3.50. The van der Waals surface area contributed by atoms with Gasteiger partial charge in [-0.2, -0.15) is 0 Å². The maximum Gasteiger partial charge on any atom is 0.223 e. The van der Waals surface area contributed by atoms with E-state index in [2.05, 4.69) is 5.32 Å². The highest BCUT2D eigenvalue weighted by Crippen LogP contribution is 2.57. The summed E-state index contributed by atoms with van der Waals surface area (Å²) in [5, 5.41) is 13.1. The van der Waals surface area contributed by atoms with Gasteiger partial charge in [-0.15, -0.1) is 0 Å². The van der Waals surface area contributed by atoms with Crippen molar-refractivity contribution in [3.8, 4) is 0 Å². The van der Waals surface area contributed by atoms with Crippen molar-refractivity contribution in [2.45, 2.75) is 38.3 Å². The summed E-state index contributed by atoms with van der Waals surface area (Å²) in [4.78, 5) is 12.1. The molecule has 2 fully saturated rings. The summed E-state index contributed by atoms with van der Waals surface area (Å²) in [5.74, 6) is 1.04. The van der Waals surface area contributed by atoms with Gasteiger partial charge in [0.1, 0.15) is 5.82 Å². The lowest BCUT2D eigenvalue weighted by atomic mass is 10.0. The van der Waals surface area contributed by atoms with Crippen LogP contribution in [-0.2, 0) is 4.79 Å². The monoisotopic (exact) mass is 277 g/mol. The summed E-state index contributed by atoms with van der Waals surface area (Å²) < 4.78 is 12.9. The van der Waals surface area contributed by atoms with Crippen LogP contribution in [0.5, 0.6) is 0 Å². The Labute approximate surface area is 118 Å². The molecular formula is C16H20FNO2. The van der Waals surface area contributed by atoms with E-state index in [0.29, 0.717) is 17.4 Å². The fourth-order valence-electron chi connectivity index (χ4n) is 3.56. The highest BCUT2D eigenvalue weighted by Gasteiger charge is 2.56. The van der Waals surface area contributed by atoms with Gasteiger partial charge in [0.2, 0.25) is 5.91 Å². The van der Waals surface area contributed by atoms with Crippen LogP contribution in [0.1, 0.15) is 37.9 Å². The second kappa shape index (κ2) is 5.17. The van der Waals surface area contributed by atoms with Crippen LogP contribution >= 0.6 is 0 Å². The molecule has 2 N–H and O–H groups in total. The first-order valence-corrected chi connectivity index (χ1v) is 7.32. The first kappa shape index (κ1) is 13.6. The topological polar surface area (TPSA) is 49.3 Å². The van der Waals surface area contributed by atoms with Gasteiger partial charge >= 0.3 is 0 Å². The average Bonchev–Trinajstić information content (AvgIpc) is 2.92. The van der Waals surface area contributed by atoms with E-state index in [4.69, 9.17) is 0 Å². The minimum Gasteiger partial charge on any atom is -0.386 e. The van der Waals surface area contributed by atoms with E-state index >= 15 is 0 Å². The SMILES string of the molecule is C[C@H](NC(=O)C1[C@@H]2CCC[C@@H]12)[C@H](O)c1ccc(F)cc1. The summed E-state index contributed by atoms with van der Waals surface area (Å²) >= 11 is 0. The Bertz CT molecular complexity index is 492. The summed E-state index contributed by atoms with van der Waals surface area (Å²) in [5.41, 5.74) is 0.621. The first-order chi connectivity index (χ1) is 9.58. The van der Waals surface area contributed by atoms with Gasteiger partial charge in [-0.3, -0.25) is 4.79 Å². The third kappa shape index (κ3) is 2.44. The molecule has 1 aromatic rings. The van der Waals surface area contributed by atoms with Gasteiger partial charge < -0.3 is 10.4 Å². The Morgan fingerprint density at radius 1 is 1.30 bits per heavy atom. The molecule has 2 aliphatic rings. The number of nitrogens with one attached hydrogen (secondary N) is 1. The van der Waals surface area contributed by atoms with Crippen LogP contribution in [0.4, 0.5) is 4.39 Å². The van der Waals surface area contributed by atoms with E-state index in [-0.39, 0.29) is 23.7 Å². The van der Waals surface area contributed by atoms with Crippen molar-refractivity contribution in [1.29, 1.82) is 0 Å². The molecule has 0 saturated heterocycles. The quantitative estimate of drug-likeness (QED) is 0.888. The van der Waals surface area contributed by atoms with Crippen LogP contribution < -0.4 is 5.32 Å². The Balaban J connectivity index is 1.57. The molecule has 2 aliphatic carbocycles. The lowest BCUT2D eigenvalue weighted by Crippen LogP contribution is -2.38. The van der Waals surface area contributed by atoms with E-state index in [0.717, 1.165) is 12.8 Å². The van der Waals surface area contributed by atoms with Crippen molar-refractivity contribution >= 4 is 5.91 Å². The van der Waals surface area contributed by atoms with E-state index in [1.807, 2.05) is 0 Å². The summed E-state index contributed by atoms with van der Waals surface area (Å²) in [6.45, 7) is 1.78. The molecule has 0 bridgehead atoms. The van der Waals surface area contributed by atoms with Crippen LogP contribution in [0, 0.1) is 23.6 Å². The number of hydrogen-bond acceptors (Lipinski definition) is 2. The number of hydrogen-bond donors (Lipinski definition) is 2. The van der Waals surface area contributed by atoms with Crippen molar-refractivity contribution in [2.24, 2.45) is 17.8 Å². The molecule has 4 heteroatoms. The number of fused-ring (bicyclic) bond motifs is 1. The molecule has 0 unspecified atom stereocenters. The van der Waals surface area contributed by atoms with Crippen molar-refractivity contribution in [3.05, 3.63) is 35.6 Å². The number of carbonyl (C=O) groups is 1. The van der Waals surface area contributed by atoms with Crippen LogP contribution in [0.2, 0.25) is 0 Å². The standard InChI is InChI=1S/C16H20FNO2/c1-9(15(19)10-5-7-11(17)8-6-10)18-16(20)14-12-3-2-4-13(12)14/h5-9,12-15,19H,2-4H2,1H3,(H,18,20)/t9-,12+,13+,15-/m0/s1. The van der Waals surface area contributed by atoms with Gasteiger partial charge in [0.15, 0.2) is 0 Å². The predicted octanol–water partition coefficient (Wildman–Crippen LogP) is 2.41. The zero-order valence-corrected chi connectivity index (χ0v) is 11.6. The largest absolute Gasteiger partial charge is 0.386 e. The van der Waals surface area contributed by atoms with E-state index < -0.39 is 6.10 Å². The maximum absolute atomic E-state index is 12.9. The first-order valence-electron chi connectivity index (χ1n) is 7.32. The van der Waals surface area contributed by atoms with Crippen LogP contribution in [0.25, 0.3) is 0 Å². The molecule has 1 amide bonds. The van der Waals surface area contributed by atoms with E-state index in [9.17, 15) is 14.3 Å². The highest BCUT2D eigenvalue weighted by atomic mass is 19.1. The molecule has 0 aliphatic heterocycles. The van der Waals surface area contributed by atoms with Crippen molar-refractivity contribution in [1.82, 2.24) is 5.32 Å². The molecule has 2 saturated carbocycles. The lowest BCUT2D eigenvalue weighted by molar-refractivity contribution is -0.124. The van der Waals surface area contributed by atoms with Gasteiger partial charge in [0.05, 0.1) is 12.1 Å². The number of aliphatic hydroxyl groups is 1. The van der Waals surface area contributed by atoms with Crippen molar-refractivity contribution in [2.75, 3.05) is 0 Å². The average molecular weight is 277 g/mol. The van der Waals surface area contributed by atoms with Crippen molar-refractivity contribution < 1.29 is 14.3 Å². The summed E-state index contributed by atoms with van der Waals surface area (Å²) in [6.07, 6.45) is 2.76. The summed E-state index contributed by atoms with van der Waals surface area (Å²) in [7, 11) is 0. The van der Waals surface area contributed by atoms with Gasteiger partial charge in [-0.25, -0.2) is 4.39 Å². The molecule has 0 heterocycles. The Hall–Kier alpha value is -1.42. The van der Waals surface area contributed by atoms with Crippen LogP contribution in [-0.4, -0.2) is 17.1 Å². The molecule has 1 aromatic carbocycles. The third-order valence-corrected chi connectivity index (χ3v) is 4.76.